The molecule has 0 radical (unpaired) electrons. The van der Waals surface area contributed by atoms with Gasteiger partial charge >= 0.3 is 0 Å². The molecule has 0 unspecified atom stereocenters. The Balaban J connectivity index is 2.01. The Morgan fingerprint density at radius 1 is 1.32 bits per heavy atom. The van der Waals surface area contributed by atoms with Gasteiger partial charge in [0.1, 0.15) is 17.3 Å². The third-order valence-electron chi connectivity index (χ3n) is 3.40. The van der Waals surface area contributed by atoms with Crippen LogP contribution in [0.1, 0.15) is 18.9 Å². The number of rotatable bonds is 2. The van der Waals surface area contributed by atoms with Gasteiger partial charge in [0.05, 0.1) is 11.0 Å². The van der Waals surface area contributed by atoms with Crippen molar-refractivity contribution in [2.45, 2.75) is 18.9 Å². The molecule has 3 aromatic rings. The summed E-state index contributed by atoms with van der Waals surface area (Å²) in [4.78, 5) is 4.51. The number of anilines is 1. The van der Waals surface area contributed by atoms with Crippen LogP contribution in [-0.4, -0.2) is 19.7 Å². The molecule has 2 aromatic heterocycles. The molecule has 0 amide bonds. The minimum atomic E-state index is -0.274. The van der Waals surface area contributed by atoms with Crippen LogP contribution in [0.25, 0.3) is 22.6 Å². The summed E-state index contributed by atoms with van der Waals surface area (Å²) in [6.07, 6.45) is 2.25. The minimum absolute atomic E-state index is 0.274. The van der Waals surface area contributed by atoms with Crippen LogP contribution >= 0.6 is 0 Å². The van der Waals surface area contributed by atoms with E-state index in [1.165, 1.54) is 12.1 Å². The summed E-state index contributed by atoms with van der Waals surface area (Å²) in [6, 6.07) is 6.89. The van der Waals surface area contributed by atoms with E-state index in [1.54, 1.807) is 12.1 Å². The Kier molecular flexibility index (Phi) is 1.98. The fraction of sp³-hybridized carbons (Fsp3) is 0.231. The first-order valence-electron chi connectivity index (χ1n) is 6.21. The second-order valence-corrected chi connectivity index (χ2v) is 4.88. The average Bonchev–Trinajstić information content (AvgIpc) is 3.02. The maximum absolute atomic E-state index is 13.3. The SMILES string of the molecule is Nc1cc(-c2nc3cc(F)ccc3n2C2CC2)[nH]n1. The zero-order chi connectivity index (χ0) is 13.0. The normalized spacial score (nSPS) is 15.2. The standard InChI is InChI=1S/C13H12FN5/c14-7-1-4-11-9(5-7)16-13(19(11)8-2-3-8)10-6-12(15)18-17-10/h1,4-6,8H,2-3H2,(H3,15,17,18). The zero-order valence-corrected chi connectivity index (χ0v) is 10.1. The van der Waals surface area contributed by atoms with E-state index in [0.717, 1.165) is 29.9 Å². The van der Waals surface area contributed by atoms with Crippen molar-refractivity contribution in [1.82, 2.24) is 19.7 Å². The molecule has 0 aliphatic heterocycles. The summed E-state index contributed by atoms with van der Waals surface area (Å²) in [5.74, 6) is 0.923. The lowest BCUT2D eigenvalue weighted by Crippen LogP contribution is -1.97. The Morgan fingerprint density at radius 2 is 2.16 bits per heavy atom. The lowest BCUT2D eigenvalue weighted by molar-refractivity contribution is 0.629. The van der Waals surface area contributed by atoms with Crippen LogP contribution in [0.3, 0.4) is 0 Å². The van der Waals surface area contributed by atoms with Crippen LogP contribution in [-0.2, 0) is 0 Å². The largest absolute Gasteiger partial charge is 0.382 e. The van der Waals surface area contributed by atoms with Gasteiger partial charge in [0.15, 0.2) is 5.82 Å². The first kappa shape index (κ1) is 10.5. The van der Waals surface area contributed by atoms with Gasteiger partial charge in [0, 0.05) is 18.2 Å². The number of aromatic nitrogens is 4. The second-order valence-electron chi connectivity index (χ2n) is 4.88. The number of nitrogens with one attached hydrogen (secondary N) is 1. The van der Waals surface area contributed by atoms with Crippen LogP contribution in [0.15, 0.2) is 24.3 Å². The van der Waals surface area contributed by atoms with Gasteiger partial charge in [0.25, 0.3) is 0 Å². The summed E-state index contributed by atoms with van der Waals surface area (Å²) < 4.78 is 15.5. The maximum atomic E-state index is 13.3. The predicted molar refractivity (Wildman–Crippen MR) is 70.0 cm³/mol. The van der Waals surface area contributed by atoms with Gasteiger partial charge in [-0.3, -0.25) is 5.10 Å². The molecular formula is C13H12FN5. The van der Waals surface area contributed by atoms with E-state index >= 15 is 0 Å². The van der Waals surface area contributed by atoms with Crippen LogP contribution in [0.2, 0.25) is 0 Å². The van der Waals surface area contributed by atoms with Gasteiger partial charge in [-0.25, -0.2) is 9.37 Å². The van der Waals surface area contributed by atoms with Crippen LogP contribution in [0.4, 0.5) is 10.2 Å². The van der Waals surface area contributed by atoms with Gasteiger partial charge in [-0.15, -0.1) is 0 Å². The molecule has 0 saturated heterocycles. The number of nitrogens with two attached hydrogens (primary N) is 1. The number of nitrogen functional groups attached to an aromatic ring is 1. The first-order chi connectivity index (χ1) is 9.22. The maximum Gasteiger partial charge on any atom is 0.159 e. The van der Waals surface area contributed by atoms with Crippen molar-refractivity contribution in [3.63, 3.8) is 0 Å². The molecule has 2 heterocycles. The molecule has 1 aliphatic rings. The van der Waals surface area contributed by atoms with Crippen LogP contribution in [0.5, 0.6) is 0 Å². The molecule has 1 aliphatic carbocycles. The number of nitrogens with zero attached hydrogens (tertiary/aromatic N) is 3. The van der Waals surface area contributed by atoms with E-state index in [0.29, 0.717) is 17.4 Å². The highest BCUT2D eigenvalue weighted by Crippen LogP contribution is 2.41. The van der Waals surface area contributed by atoms with E-state index < -0.39 is 0 Å². The van der Waals surface area contributed by atoms with E-state index in [-0.39, 0.29) is 5.82 Å². The van der Waals surface area contributed by atoms with Gasteiger partial charge in [-0.2, -0.15) is 5.10 Å². The number of benzene rings is 1. The van der Waals surface area contributed by atoms with Gasteiger partial charge in [0.2, 0.25) is 0 Å². The molecular weight excluding hydrogens is 245 g/mol. The van der Waals surface area contributed by atoms with Crippen molar-refractivity contribution in [1.29, 1.82) is 0 Å². The Bertz CT molecular complexity index is 769. The van der Waals surface area contributed by atoms with Gasteiger partial charge in [-0.1, -0.05) is 0 Å². The Labute approximate surface area is 108 Å². The van der Waals surface area contributed by atoms with Gasteiger partial charge < -0.3 is 10.3 Å². The van der Waals surface area contributed by atoms with Crippen molar-refractivity contribution >= 4 is 16.9 Å². The molecule has 1 fully saturated rings. The van der Waals surface area contributed by atoms with E-state index in [4.69, 9.17) is 5.73 Å². The van der Waals surface area contributed by atoms with Crippen LogP contribution in [0, 0.1) is 5.82 Å². The Hall–Kier alpha value is -2.37. The molecule has 1 saturated carbocycles. The van der Waals surface area contributed by atoms with Crippen molar-refractivity contribution in [3.8, 4) is 11.5 Å². The summed E-state index contributed by atoms with van der Waals surface area (Å²) in [5, 5.41) is 6.80. The summed E-state index contributed by atoms with van der Waals surface area (Å²) >= 11 is 0. The number of H-pyrrole nitrogens is 1. The fourth-order valence-electron chi connectivity index (χ4n) is 2.42. The highest BCUT2D eigenvalue weighted by atomic mass is 19.1. The molecule has 0 atom stereocenters. The van der Waals surface area contributed by atoms with Gasteiger partial charge in [-0.05, 0) is 25.0 Å². The highest BCUT2D eigenvalue weighted by Gasteiger charge is 2.29. The molecule has 96 valence electrons. The lowest BCUT2D eigenvalue weighted by Gasteiger charge is -2.05. The number of hydrogen-bond acceptors (Lipinski definition) is 3. The predicted octanol–water partition coefficient (Wildman–Crippen LogP) is 2.48. The zero-order valence-electron chi connectivity index (χ0n) is 10.1. The first-order valence-corrected chi connectivity index (χ1v) is 6.21. The number of imidazole rings is 1. The molecule has 0 spiro atoms. The smallest absolute Gasteiger partial charge is 0.159 e. The number of halogens is 1. The van der Waals surface area contributed by atoms with Crippen molar-refractivity contribution in [3.05, 3.63) is 30.1 Å². The summed E-state index contributed by atoms with van der Waals surface area (Å²) in [7, 11) is 0. The molecule has 6 heteroatoms. The van der Waals surface area contributed by atoms with E-state index in [2.05, 4.69) is 19.7 Å². The molecule has 0 bridgehead atoms. The number of aromatic amines is 1. The highest BCUT2D eigenvalue weighted by molar-refractivity contribution is 5.80. The molecule has 4 rings (SSSR count). The topological polar surface area (TPSA) is 72.5 Å². The summed E-state index contributed by atoms with van der Waals surface area (Å²) in [5.41, 5.74) is 8.01. The average molecular weight is 257 g/mol. The lowest BCUT2D eigenvalue weighted by atomic mass is 10.3. The van der Waals surface area contributed by atoms with Crippen molar-refractivity contribution in [2.24, 2.45) is 0 Å². The molecule has 1 aromatic carbocycles. The molecule has 5 nitrogen and oxygen atoms in total. The van der Waals surface area contributed by atoms with Crippen molar-refractivity contribution in [2.75, 3.05) is 5.73 Å². The quantitative estimate of drug-likeness (QED) is 0.740. The van der Waals surface area contributed by atoms with E-state index in [9.17, 15) is 4.39 Å². The third-order valence-corrected chi connectivity index (χ3v) is 3.40. The number of hydrogen-bond donors (Lipinski definition) is 2. The number of fused-ring (bicyclic) bond motifs is 1. The minimum Gasteiger partial charge on any atom is -0.382 e. The fourth-order valence-corrected chi connectivity index (χ4v) is 2.42. The molecule has 19 heavy (non-hydrogen) atoms. The monoisotopic (exact) mass is 257 g/mol. The van der Waals surface area contributed by atoms with E-state index in [1.807, 2.05) is 0 Å². The van der Waals surface area contributed by atoms with Crippen molar-refractivity contribution < 1.29 is 4.39 Å². The van der Waals surface area contributed by atoms with Crippen LogP contribution < -0.4 is 5.73 Å². The third kappa shape index (κ3) is 1.60. The second kappa shape index (κ2) is 3.57. The molecule has 3 N–H and O–H groups in total. The Morgan fingerprint density at radius 3 is 2.84 bits per heavy atom. The summed E-state index contributed by atoms with van der Waals surface area (Å²) in [6.45, 7) is 0.